The number of halogens is 1. The molecule has 5 heteroatoms. The molecule has 0 radical (unpaired) electrons. The largest absolute Gasteiger partial charge is 0.497 e. The molecule has 0 amide bonds. The lowest BCUT2D eigenvalue weighted by molar-refractivity contribution is 0.414. The van der Waals surface area contributed by atoms with Crippen molar-refractivity contribution < 1.29 is 4.74 Å². The van der Waals surface area contributed by atoms with Crippen LogP contribution in [0.4, 0.5) is 0 Å². The summed E-state index contributed by atoms with van der Waals surface area (Å²) >= 11 is 6.18. The number of aromatic nitrogens is 2. The molecule has 0 saturated carbocycles. The Balaban J connectivity index is 2.13. The molecule has 2 aromatic heterocycles. The van der Waals surface area contributed by atoms with Crippen LogP contribution in [0.3, 0.4) is 0 Å². The van der Waals surface area contributed by atoms with Gasteiger partial charge >= 0.3 is 0 Å². The van der Waals surface area contributed by atoms with Crippen molar-refractivity contribution in [2.24, 2.45) is 0 Å². The molecule has 3 heterocycles. The van der Waals surface area contributed by atoms with Crippen molar-refractivity contribution >= 4 is 17.1 Å². The standard InChI is InChI=1S/C12H14ClN3O/c1-17-9-3-5-16-10(6-9)11(13)15-12(16)8-2-4-14-7-8/h3,5-6,8,14H,2,4,7H2,1H3. The summed E-state index contributed by atoms with van der Waals surface area (Å²) in [5.41, 5.74) is 0.910. The minimum atomic E-state index is 0.448. The Labute approximate surface area is 105 Å². The SMILES string of the molecule is COc1ccn2c(C3CCNC3)nc(Cl)c2c1. The smallest absolute Gasteiger partial charge is 0.155 e. The normalized spacial score (nSPS) is 20.0. The highest BCUT2D eigenvalue weighted by molar-refractivity contribution is 6.32. The highest BCUT2D eigenvalue weighted by Gasteiger charge is 2.22. The Morgan fingerprint density at radius 1 is 1.59 bits per heavy atom. The van der Waals surface area contributed by atoms with Gasteiger partial charge in [-0.2, -0.15) is 0 Å². The maximum Gasteiger partial charge on any atom is 0.155 e. The number of nitrogens with one attached hydrogen (secondary N) is 1. The number of nitrogens with zero attached hydrogens (tertiary/aromatic N) is 2. The zero-order valence-electron chi connectivity index (χ0n) is 9.61. The van der Waals surface area contributed by atoms with Gasteiger partial charge in [0.1, 0.15) is 11.6 Å². The first-order valence-corrected chi connectivity index (χ1v) is 6.09. The second-order valence-corrected chi connectivity index (χ2v) is 4.63. The third-order valence-electron chi connectivity index (χ3n) is 3.26. The monoisotopic (exact) mass is 251 g/mol. The summed E-state index contributed by atoms with van der Waals surface area (Å²) in [5.74, 6) is 2.29. The second kappa shape index (κ2) is 4.20. The molecule has 1 fully saturated rings. The Hall–Kier alpha value is -1.26. The Morgan fingerprint density at radius 3 is 3.18 bits per heavy atom. The molecular weight excluding hydrogens is 238 g/mol. The highest BCUT2D eigenvalue weighted by Crippen LogP contribution is 2.28. The zero-order chi connectivity index (χ0) is 11.8. The van der Waals surface area contributed by atoms with E-state index in [9.17, 15) is 0 Å². The molecule has 1 unspecified atom stereocenters. The molecule has 0 bridgehead atoms. The third-order valence-corrected chi connectivity index (χ3v) is 3.54. The molecule has 3 rings (SSSR count). The Kier molecular flexibility index (Phi) is 2.68. The molecule has 4 nitrogen and oxygen atoms in total. The predicted octanol–water partition coefficient (Wildman–Crippen LogP) is 2.07. The van der Waals surface area contributed by atoms with Gasteiger partial charge in [0.2, 0.25) is 0 Å². The van der Waals surface area contributed by atoms with Crippen molar-refractivity contribution in [1.29, 1.82) is 0 Å². The second-order valence-electron chi connectivity index (χ2n) is 4.27. The summed E-state index contributed by atoms with van der Waals surface area (Å²) in [5, 5.41) is 3.89. The van der Waals surface area contributed by atoms with E-state index in [4.69, 9.17) is 16.3 Å². The zero-order valence-corrected chi connectivity index (χ0v) is 10.4. The summed E-state index contributed by atoms with van der Waals surface area (Å²) < 4.78 is 7.26. The van der Waals surface area contributed by atoms with Crippen LogP contribution in [-0.2, 0) is 0 Å². The summed E-state index contributed by atoms with van der Waals surface area (Å²) in [6.07, 6.45) is 3.09. The van der Waals surface area contributed by atoms with Crippen molar-refractivity contribution in [2.75, 3.05) is 20.2 Å². The van der Waals surface area contributed by atoms with Gasteiger partial charge in [-0.05, 0) is 19.0 Å². The summed E-state index contributed by atoms with van der Waals surface area (Å²) in [4.78, 5) is 4.48. The van der Waals surface area contributed by atoms with Crippen molar-refractivity contribution in [2.45, 2.75) is 12.3 Å². The van der Waals surface area contributed by atoms with Crippen molar-refractivity contribution in [3.63, 3.8) is 0 Å². The maximum absolute atomic E-state index is 6.18. The van der Waals surface area contributed by atoms with E-state index in [-0.39, 0.29) is 0 Å². The summed E-state index contributed by atoms with van der Waals surface area (Å²) in [6, 6.07) is 3.85. The van der Waals surface area contributed by atoms with Crippen LogP contribution in [0.25, 0.3) is 5.52 Å². The minimum Gasteiger partial charge on any atom is -0.497 e. The number of hydrogen-bond donors (Lipinski definition) is 1. The van der Waals surface area contributed by atoms with Gasteiger partial charge in [0, 0.05) is 24.7 Å². The molecule has 1 saturated heterocycles. The molecule has 1 aliphatic rings. The van der Waals surface area contributed by atoms with Crippen LogP contribution in [0.5, 0.6) is 5.75 Å². The molecule has 0 aromatic carbocycles. The van der Waals surface area contributed by atoms with E-state index in [2.05, 4.69) is 14.7 Å². The fourth-order valence-electron chi connectivity index (χ4n) is 2.34. The van der Waals surface area contributed by atoms with E-state index in [1.54, 1.807) is 7.11 Å². The van der Waals surface area contributed by atoms with Crippen LogP contribution in [0, 0.1) is 0 Å². The highest BCUT2D eigenvalue weighted by atomic mass is 35.5. The van der Waals surface area contributed by atoms with E-state index in [0.29, 0.717) is 11.1 Å². The van der Waals surface area contributed by atoms with Crippen molar-refractivity contribution in [3.05, 3.63) is 29.3 Å². The van der Waals surface area contributed by atoms with Gasteiger partial charge in [-0.1, -0.05) is 11.6 Å². The van der Waals surface area contributed by atoms with Gasteiger partial charge < -0.3 is 14.5 Å². The topological polar surface area (TPSA) is 38.6 Å². The summed E-state index contributed by atoms with van der Waals surface area (Å²) in [7, 11) is 1.65. The van der Waals surface area contributed by atoms with Crippen LogP contribution in [0.15, 0.2) is 18.3 Å². The van der Waals surface area contributed by atoms with Gasteiger partial charge in [-0.3, -0.25) is 0 Å². The lowest BCUT2D eigenvalue weighted by Gasteiger charge is -2.07. The summed E-state index contributed by atoms with van der Waals surface area (Å²) in [6.45, 7) is 2.02. The lowest BCUT2D eigenvalue weighted by Crippen LogP contribution is -2.10. The number of rotatable bonds is 2. The van der Waals surface area contributed by atoms with Gasteiger partial charge in [-0.25, -0.2) is 4.98 Å². The van der Waals surface area contributed by atoms with E-state index < -0.39 is 0 Å². The number of pyridine rings is 1. The first kappa shape index (κ1) is 10.9. The fourth-order valence-corrected chi connectivity index (χ4v) is 2.57. The quantitative estimate of drug-likeness (QED) is 0.888. The number of hydrogen-bond acceptors (Lipinski definition) is 3. The van der Waals surface area contributed by atoms with Crippen LogP contribution < -0.4 is 10.1 Å². The molecule has 1 atom stereocenters. The van der Waals surface area contributed by atoms with Crippen LogP contribution in [-0.4, -0.2) is 29.6 Å². The molecular formula is C12H14ClN3O. The average molecular weight is 252 g/mol. The number of fused-ring (bicyclic) bond motifs is 1. The molecule has 2 aromatic rings. The Bertz CT molecular complexity index is 546. The van der Waals surface area contributed by atoms with Gasteiger partial charge in [-0.15, -0.1) is 0 Å². The molecule has 1 N–H and O–H groups in total. The van der Waals surface area contributed by atoms with E-state index in [0.717, 1.165) is 36.6 Å². The first-order valence-electron chi connectivity index (χ1n) is 5.72. The predicted molar refractivity (Wildman–Crippen MR) is 67.0 cm³/mol. The molecule has 17 heavy (non-hydrogen) atoms. The fraction of sp³-hybridized carbons (Fsp3) is 0.417. The van der Waals surface area contributed by atoms with Gasteiger partial charge in [0.15, 0.2) is 5.15 Å². The number of ether oxygens (including phenoxy) is 1. The third kappa shape index (κ3) is 1.77. The lowest BCUT2D eigenvalue weighted by atomic mass is 10.1. The number of methoxy groups -OCH3 is 1. The number of imidazole rings is 1. The van der Waals surface area contributed by atoms with Crippen LogP contribution in [0.2, 0.25) is 5.15 Å². The van der Waals surface area contributed by atoms with E-state index in [1.165, 1.54) is 0 Å². The maximum atomic E-state index is 6.18. The van der Waals surface area contributed by atoms with E-state index >= 15 is 0 Å². The van der Waals surface area contributed by atoms with Crippen molar-refractivity contribution in [3.8, 4) is 5.75 Å². The van der Waals surface area contributed by atoms with Crippen LogP contribution in [0.1, 0.15) is 18.2 Å². The minimum absolute atomic E-state index is 0.448. The van der Waals surface area contributed by atoms with Gasteiger partial charge in [0.25, 0.3) is 0 Å². The molecule has 90 valence electrons. The molecule has 1 aliphatic heterocycles. The molecule has 0 aliphatic carbocycles. The van der Waals surface area contributed by atoms with Crippen molar-refractivity contribution in [1.82, 2.24) is 14.7 Å². The molecule has 0 spiro atoms. The van der Waals surface area contributed by atoms with Gasteiger partial charge in [0.05, 0.1) is 12.6 Å². The average Bonchev–Trinajstić information content (AvgIpc) is 2.97. The van der Waals surface area contributed by atoms with Crippen LogP contribution >= 0.6 is 11.6 Å². The Morgan fingerprint density at radius 2 is 2.47 bits per heavy atom. The first-order chi connectivity index (χ1) is 8.29. The van der Waals surface area contributed by atoms with E-state index in [1.807, 2.05) is 18.3 Å².